The summed E-state index contributed by atoms with van der Waals surface area (Å²) in [6.07, 6.45) is 7.34. The second-order valence-corrected chi connectivity index (χ2v) is 10.9. The van der Waals surface area contributed by atoms with Gasteiger partial charge in [-0.2, -0.15) is 0 Å². The van der Waals surface area contributed by atoms with E-state index in [-0.39, 0.29) is 5.91 Å². The number of halogens is 2. The fraction of sp³-hybridized carbons (Fsp3) is 0.375. The highest BCUT2D eigenvalue weighted by Crippen LogP contribution is 2.38. The maximum absolute atomic E-state index is 12.9. The van der Waals surface area contributed by atoms with Gasteiger partial charge in [-0.3, -0.25) is 9.69 Å². The lowest BCUT2D eigenvalue weighted by atomic mass is 10.0. The molecular weight excluding hydrogens is 491 g/mol. The van der Waals surface area contributed by atoms with E-state index in [1.165, 1.54) is 16.9 Å². The third-order valence-electron chi connectivity index (χ3n) is 6.90. The van der Waals surface area contributed by atoms with Gasteiger partial charge in [0.05, 0.1) is 22.0 Å². The molecule has 1 amide bonds. The Balaban J connectivity index is 1.17. The van der Waals surface area contributed by atoms with Gasteiger partial charge in [-0.1, -0.05) is 29.3 Å². The number of nitrogens with zero attached hydrogens (tertiary/aromatic N) is 4. The number of nitrogens with one attached hydrogen (secondary N) is 2. The van der Waals surface area contributed by atoms with Gasteiger partial charge in [0, 0.05) is 54.9 Å². The molecule has 2 saturated heterocycles. The van der Waals surface area contributed by atoms with Crippen molar-refractivity contribution in [2.24, 2.45) is 0 Å². The van der Waals surface area contributed by atoms with Crippen LogP contribution < -0.4 is 10.6 Å². The van der Waals surface area contributed by atoms with Gasteiger partial charge in [-0.15, -0.1) is 11.3 Å². The Kier molecular flexibility index (Phi) is 5.95. The minimum absolute atomic E-state index is 0.0748. The third-order valence-corrected chi connectivity index (χ3v) is 8.77. The molecular formula is C24H24Cl2N6OS. The molecule has 3 aliphatic heterocycles. The van der Waals surface area contributed by atoms with E-state index < -0.39 is 0 Å². The number of rotatable bonds is 5. The number of piperazine rings is 1. The lowest BCUT2D eigenvalue weighted by molar-refractivity contribution is -0.126. The molecule has 2 N–H and O–H groups in total. The Bertz CT molecular complexity index is 1290. The quantitative estimate of drug-likeness (QED) is 0.496. The van der Waals surface area contributed by atoms with Crippen LogP contribution in [-0.2, 0) is 17.8 Å². The molecule has 3 aromatic rings. The summed E-state index contributed by atoms with van der Waals surface area (Å²) < 4.78 is 0. The number of carbonyl (C=O) groups is 1. The molecule has 5 heterocycles. The molecule has 176 valence electrons. The summed E-state index contributed by atoms with van der Waals surface area (Å²) in [6, 6.07) is 6.66. The Hall–Kier alpha value is -2.23. The molecule has 1 aromatic carbocycles. The Morgan fingerprint density at radius 1 is 1.29 bits per heavy atom. The van der Waals surface area contributed by atoms with Crippen LogP contribution in [0, 0.1) is 0 Å². The largest absolute Gasteiger partial charge is 0.340 e. The normalized spacial score (nSPS) is 22.1. The Labute approximate surface area is 211 Å². The standard InChI is InChI=1S/C24H24Cl2N6OS/c25-18-4-3-14(9-19(18)26)30-23-22-17-5-7-32(12-20(17)34-24(22)29-13-28-23)21(33)2-1-6-31-11-15-8-16(31)10-27-15/h1-4,9,13,15-16,27H,5-8,10-12H2,(H,28,29,30). The second-order valence-electron chi connectivity index (χ2n) is 9.02. The van der Waals surface area contributed by atoms with E-state index in [4.69, 9.17) is 23.2 Å². The molecule has 0 spiro atoms. The van der Waals surface area contributed by atoms with E-state index in [0.717, 1.165) is 47.8 Å². The van der Waals surface area contributed by atoms with Crippen LogP contribution in [0.2, 0.25) is 10.0 Å². The number of thiophene rings is 1. The number of fused-ring (bicyclic) bond motifs is 5. The van der Waals surface area contributed by atoms with E-state index in [1.807, 2.05) is 17.0 Å². The number of aromatic nitrogens is 2. The number of anilines is 2. The minimum Gasteiger partial charge on any atom is -0.340 e. The smallest absolute Gasteiger partial charge is 0.246 e. The van der Waals surface area contributed by atoms with Gasteiger partial charge in [0.1, 0.15) is 17.0 Å². The lowest BCUT2D eigenvalue weighted by Crippen LogP contribution is -2.43. The zero-order valence-electron chi connectivity index (χ0n) is 18.4. The van der Waals surface area contributed by atoms with Crippen LogP contribution in [0.1, 0.15) is 16.9 Å². The van der Waals surface area contributed by atoms with Crippen molar-refractivity contribution in [3.63, 3.8) is 0 Å². The number of carbonyl (C=O) groups excluding carboxylic acids is 1. The van der Waals surface area contributed by atoms with Crippen molar-refractivity contribution < 1.29 is 4.79 Å². The van der Waals surface area contributed by atoms with Gasteiger partial charge in [0.15, 0.2) is 0 Å². The maximum atomic E-state index is 12.9. The van der Waals surface area contributed by atoms with Crippen molar-refractivity contribution in [2.75, 3.05) is 31.5 Å². The third kappa shape index (κ3) is 4.18. The Morgan fingerprint density at radius 2 is 2.21 bits per heavy atom. The van der Waals surface area contributed by atoms with Crippen LogP contribution in [0.25, 0.3) is 10.2 Å². The summed E-state index contributed by atoms with van der Waals surface area (Å²) in [7, 11) is 0. The molecule has 2 unspecified atom stereocenters. The number of likely N-dealkylation sites (tertiary alicyclic amines) is 1. The Morgan fingerprint density at radius 3 is 3.00 bits per heavy atom. The van der Waals surface area contributed by atoms with Crippen LogP contribution in [0.15, 0.2) is 36.7 Å². The predicted molar refractivity (Wildman–Crippen MR) is 137 cm³/mol. The first-order valence-electron chi connectivity index (χ1n) is 11.5. The average molecular weight is 515 g/mol. The molecule has 34 heavy (non-hydrogen) atoms. The van der Waals surface area contributed by atoms with Gasteiger partial charge in [0.25, 0.3) is 0 Å². The van der Waals surface area contributed by atoms with Gasteiger partial charge < -0.3 is 15.5 Å². The van der Waals surface area contributed by atoms with E-state index in [1.54, 1.807) is 35.9 Å². The highest BCUT2D eigenvalue weighted by Gasteiger charge is 2.36. The summed E-state index contributed by atoms with van der Waals surface area (Å²) in [6.45, 7) is 4.27. The second kappa shape index (κ2) is 9.09. The van der Waals surface area contributed by atoms with E-state index in [9.17, 15) is 4.79 Å². The van der Waals surface area contributed by atoms with Gasteiger partial charge in [-0.05, 0) is 36.6 Å². The minimum atomic E-state index is 0.0748. The summed E-state index contributed by atoms with van der Waals surface area (Å²) in [4.78, 5) is 28.3. The van der Waals surface area contributed by atoms with E-state index >= 15 is 0 Å². The monoisotopic (exact) mass is 514 g/mol. The van der Waals surface area contributed by atoms with Gasteiger partial charge in [0.2, 0.25) is 5.91 Å². The lowest BCUT2D eigenvalue weighted by Gasteiger charge is -2.27. The van der Waals surface area contributed by atoms with Crippen LogP contribution in [-0.4, -0.2) is 63.9 Å². The summed E-state index contributed by atoms with van der Waals surface area (Å²) in [5.41, 5.74) is 2.03. The predicted octanol–water partition coefficient (Wildman–Crippen LogP) is 4.23. The van der Waals surface area contributed by atoms with Crippen LogP contribution in [0.3, 0.4) is 0 Å². The van der Waals surface area contributed by atoms with Crippen LogP contribution in [0.4, 0.5) is 11.5 Å². The first-order chi connectivity index (χ1) is 16.5. The van der Waals surface area contributed by atoms with Crippen molar-refractivity contribution in [1.82, 2.24) is 25.1 Å². The molecule has 0 radical (unpaired) electrons. The number of benzene rings is 1. The molecule has 7 nitrogen and oxygen atoms in total. The molecule has 2 atom stereocenters. The van der Waals surface area contributed by atoms with Crippen molar-refractivity contribution in [1.29, 1.82) is 0 Å². The first kappa shape index (κ1) is 22.2. The van der Waals surface area contributed by atoms with Crippen molar-refractivity contribution >= 4 is 62.2 Å². The molecule has 2 bridgehead atoms. The fourth-order valence-corrected chi connectivity index (χ4v) is 6.69. The van der Waals surface area contributed by atoms with Gasteiger partial charge >= 0.3 is 0 Å². The highest BCUT2D eigenvalue weighted by molar-refractivity contribution is 7.19. The van der Waals surface area contributed by atoms with Crippen molar-refractivity contribution in [2.45, 2.75) is 31.5 Å². The molecule has 0 aliphatic carbocycles. The van der Waals surface area contributed by atoms with Gasteiger partial charge in [-0.25, -0.2) is 9.97 Å². The molecule has 10 heteroatoms. The summed E-state index contributed by atoms with van der Waals surface area (Å²) in [5.74, 6) is 0.820. The average Bonchev–Trinajstić information content (AvgIpc) is 3.55. The summed E-state index contributed by atoms with van der Waals surface area (Å²) in [5, 5.41) is 8.90. The maximum Gasteiger partial charge on any atom is 0.246 e. The summed E-state index contributed by atoms with van der Waals surface area (Å²) >= 11 is 13.9. The fourth-order valence-electron chi connectivity index (χ4n) is 5.19. The van der Waals surface area contributed by atoms with Crippen molar-refractivity contribution in [3.05, 3.63) is 57.2 Å². The molecule has 3 aliphatic rings. The molecule has 2 aromatic heterocycles. The number of amides is 1. The first-order valence-corrected chi connectivity index (χ1v) is 13.0. The van der Waals surface area contributed by atoms with E-state index in [0.29, 0.717) is 35.2 Å². The zero-order valence-corrected chi connectivity index (χ0v) is 20.8. The molecule has 0 saturated carbocycles. The number of hydrogen-bond acceptors (Lipinski definition) is 7. The zero-order chi connectivity index (χ0) is 23.2. The molecule has 6 rings (SSSR count). The van der Waals surface area contributed by atoms with E-state index in [2.05, 4.69) is 25.5 Å². The number of hydrogen-bond donors (Lipinski definition) is 2. The van der Waals surface area contributed by atoms with Crippen LogP contribution >= 0.6 is 34.5 Å². The highest BCUT2D eigenvalue weighted by atomic mass is 35.5. The van der Waals surface area contributed by atoms with Crippen molar-refractivity contribution in [3.8, 4) is 0 Å². The molecule has 2 fully saturated rings. The SMILES string of the molecule is O=C(C=CCN1CC2CC1CN2)N1CCc2c(sc3ncnc(Nc4ccc(Cl)c(Cl)c4)c23)C1. The van der Waals surface area contributed by atoms with Crippen LogP contribution in [0.5, 0.6) is 0 Å². The topological polar surface area (TPSA) is 73.4 Å².